The fourth-order valence-corrected chi connectivity index (χ4v) is 1.44. The summed E-state index contributed by atoms with van der Waals surface area (Å²) >= 11 is 0. The Hall–Kier alpha value is -1.71. The number of nitrogens with zero attached hydrogens (tertiary/aromatic N) is 2. The van der Waals surface area contributed by atoms with Crippen LogP contribution in [0.4, 0.5) is 5.82 Å². The molecule has 4 nitrogen and oxygen atoms in total. The average Bonchev–Trinajstić information content (AvgIpc) is 2.31. The third-order valence-electron chi connectivity index (χ3n) is 2.55. The first-order chi connectivity index (χ1) is 8.34. The maximum atomic E-state index is 12.1. The monoisotopic (exact) mass is 248 g/mol. The number of hydrogen-bond acceptors (Lipinski definition) is 3. The third kappa shape index (κ3) is 3.15. The lowest BCUT2D eigenvalue weighted by molar-refractivity contribution is -0.129. The Morgan fingerprint density at radius 2 is 1.56 bits per heavy atom. The molecule has 0 N–H and O–H groups in total. The maximum absolute atomic E-state index is 12.1. The number of carbonyl (C=O) groups excluding carboxylic acids is 2. The molecule has 0 aliphatic heterocycles. The van der Waals surface area contributed by atoms with Gasteiger partial charge >= 0.3 is 0 Å². The Balaban J connectivity index is 3.16. The van der Waals surface area contributed by atoms with Crippen LogP contribution in [0.25, 0.3) is 0 Å². The summed E-state index contributed by atoms with van der Waals surface area (Å²) < 4.78 is 0. The minimum atomic E-state index is -0.240. The van der Waals surface area contributed by atoms with Crippen molar-refractivity contribution in [3.05, 3.63) is 23.9 Å². The van der Waals surface area contributed by atoms with Crippen molar-refractivity contribution in [1.29, 1.82) is 0 Å². The SMILES string of the molecule is Cc1ccc(N(C(=O)C(C)C)C(=O)C(C)C)nc1. The lowest BCUT2D eigenvalue weighted by atomic mass is 10.1. The molecule has 1 rings (SSSR count). The van der Waals surface area contributed by atoms with Gasteiger partial charge in [0.1, 0.15) is 5.82 Å². The predicted octanol–water partition coefficient (Wildman–Crippen LogP) is 2.56. The van der Waals surface area contributed by atoms with Crippen LogP contribution in [0.1, 0.15) is 33.3 Å². The molecule has 0 atom stereocenters. The molecule has 18 heavy (non-hydrogen) atoms. The highest BCUT2D eigenvalue weighted by molar-refractivity contribution is 6.15. The van der Waals surface area contributed by atoms with Crippen LogP contribution in [0, 0.1) is 18.8 Å². The van der Waals surface area contributed by atoms with E-state index in [9.17, 15) is 9.59 Å². The highest BCUT2D eigenvalue weighted by atomic mass is 16.2. The van der Waals surface area contributed by atoms with E-state index in [0.29, 0.717) is 5.82 Å². The van der Waals surface area contributed by atoms with Gasteiger partial charge in [0.2, 0.25) is 11.8 Å². The van der Waals surface area contributed by atoms with Crippen LogP contribution in [0.15, 0.2) is 18.3 Å². The quantitative estimate of drug-likeness (QED) is 0.826. The van der Waals surface area contributed by atoms with E-state index in [-0.39, 0.29) is 23.7 Å². The van der Waals surface area contributed by atoms with Crippen LogP contribution in [0.3, 0.4) is 0 Å². The summed E-state index contributed by atoms with van der Waals surface area (Å²) in [4.78, 5) is 29.6. The Labute approximate surface area is 108 Å². The number of anilines is 1. The molecule has 1 aromatic heterocycles. The molecule has 98 valence electrons. The van der Waals surface area contributed by atoms with E-state index in [1.165, 1.54) is 4.90 Å². The van der Waals surface area contributed by atoms with Crippen LogP contribution in [0.5, 0.6) is 0 Å². The lowest BCUT2D eigenvalue weighted by Crippen LogP contribution is -2.42. The van der Waals surface area contributed by atoms with Gasteiger partial charge in [0.25, 0.3) is 0 Å². The first kappa shape index (κ1) is 14.4. The second-order valence-corrected chi connectivity index (χ2v) is 5.02. The van der Waals surface area contributed by atoms with Gasteiger partial charge in [0.05, 0.1) is 0 Å². The van der Waals surface area contributed by atoms with Gasteiger partial charge in [-0.2, -0.15) is 0 Å². The summed E-state index contributed by atoms with van der Waals surface area (Å²) in [7, 11) is 0. The van der Waals surface area contributed by atoms with Crippen molar-refractivity contribution in [3.63, 3.8) is 0 Å². The van der Waals surface area contributed by atoms with Gasteiger partial charge in [0, 0.05) is 18.0 Å². The summed E-state index contributed by atoms with van der Waals surface area (Å²) in [6.45, 7) is 9.01. The average molecular weight is 248 g/mol. The standard InChI is InChI=1S/C14H20N2O2/c1-9(2)13(17)16(14(18)10(3)4)12-7-6-11(5)8-15-12/h6-10H,1-5H3. The van der Waals surface area contributed by atoms with E-state index in [4.69, 9.17) is 0 Å². The summed E-state index contributed by atoms with van der Waals surface area (Å²) in [5.74, 6) is -0.514. The number of amides is 2. The molecule has 0 saturated carbocycles. The number of pyridine rings is 1. The summed E-state index contributed by atoms with van der Waals surface area (Å²) in [5, 5.41) is 0. The summed E-state index contributed by atoms with van der Waals surface area (Å²) in [6.07, 6.45) is 1.66. The number of hydrogen-bond donors (Lipinski definition) is 0. The Bertz CT molecular complexity index is 416. The van der Waals surface area contributed by atoms with Gasteiger partial charge in [-0.15, -0.1) is 0 Å². The number of aromatic nitrogens is 1. The van der Waals surface area contributed by atoms with E-state index in [0.717, 1.165) is 5.56 Å². The second-order valence-electron chi connectivity index (χ2n) is 5.02. The summed E-state index contributed by atoms with van der Waals surface area (Å²) in [5.41, 5.74) is 0.993. The highest BCUT2D eigenvalue weighted by Gasteiger charge is 2.28. The molecule has 0 aromatic carbocycles. The highest BCUT2D eigenvalue weighted by Crippen LogP contribution is 2.17. The zero-order chi connectivity index (χ0) is 13.9. The van der Waals surface area contributed by atoms with Crippen molar-refractivity contribution in [2.45, 2.75) is 34.6 Å². The predicted molar refractivity (Wildman–Crippen MR) is 71.1 cm³/mol. The normalized spacial score (nSPS) is 10.8. The van der Waals surface area contributed by atoms with Crippen LogP contribution < -0.4 is 4.90 Å². The van der Waals surface area contributed by atoms with E-state index in [2.05, 4.69) is 4.98 Å². The zero-order valence-electron chi connectivity index (χ0n) is 11.6. The lowest BCUT2D eigenvalue weighted by Gasteiger charge is -2.23. The molecular weight excluding hydrogens is 228 g/mol. The molecule has 1 aromatic rings. The van der Waals surface area contributed by atoms with E-state index < -0.39 is 0 Å². The first-order valence-corrected chi connectivity index (χ1v) is 6.15. The molecule has 0 bridgehead atoms. The van der Waals surface area contributed by atoms with Gasteiger partial charge in [-0.3, -0.25) is 9.59 Å². The fraction of sp³-hybridized carbons (Fsp3) is 0.500. The molecule has 0 spiro atoms. The minimum Gasteiger partial charge on any atom is -0.274 e. The van der Waals surface area contributed by atoms with Crippen molar-refractivity contribution in [3.8, 4) is 0 Å². The largest absolute Gasteiger partial charge is 0.274 e. The molecule has 2 amide bonds. The molecule has 0 unspecified atom stereocenters. The molecule has 0 fully saturated rings. The topological polar surface area (TPSA) is 50.3 Å². The van der Waals surface area contributed by atoms with Crippen LogP contribution in [0.2, 0.25) is 0 Å². The molecule has 4 heteroatoms. The van der Waals surface area contributed by atoms with E-state index in [1.54, 1.807) is 40.0 Å². The van der Waals surface area contributed by atoms with Crippen molar-refractivity contribution in [2.75, 3.05) is 4.90 Å². The smallest absolute Gasteiger partial charge is 0.237 e. The second kappa shape index (κ2) is 5.76. The van der Waals surface area contributed by atoms with Gasteiger partial charge in [-0.05, 0) is 18.6 Å². The van der Waals surface area contributed by atoms with Gasteiger partial charge in [-0.25, -0.2) is 9.88 Å². The van der Waals surface area contributed by atoms with Crippen LogP contribution in [-0.2, 0) is 9.59 Å². The molecule has 0 saturated heterocycles. The third-order valence-corrected chi connectivity index (χ3v) is 2.55. The Kier molecular flexibility index (Phi) is 4.59. The fourth-order valence-electron chi connectivity index (χ4n) is 1.44. The number of imide groups is 1. The Morgan fingerprint density at radius 1 is 1.06 bits per heavy atom. The minimum absolute atomic E-state index is 0.218. The van der Waals surface area contributed by atoms with Crippen LogP contribution in [-0.4, -0.2) is 16.8 Å². The van der Waals surface area contributed by atoms with Gasteiger partial charge in [0.15, 0.2) is 0 Å². The molecule has 1 heterocycles. The van der Waals surface area contributed by atoms with Crippen molar-refractivity contribution < 1.29 is 9.59 Å². The molecule has 0 radical (unpaired) electrons. The molecular formula is C14H20N2O2. The first-order valence-electron chi connectivity index (χ1n) is 6.15. The number of rotatable bonds is 3. The van der Waals surface area contributed by atoms with Crippen LogP contribution >= 0.6 is 0 Å². The van der Waals surface area contributed by atoms with Crippen molar-refractivity contribution in [1.82, 2.24) is 4.98 Å². The maximum Gasteiger partial charge on any atom is 0.237 e. The number of carbonyl (C=O) groups is 2. The number of aryl methyl sites for hydroxylation is 1. The molecule has 0 aliphatic carbocycles. The van der Waals surface area contributed by atoms with Crippen molar-refractivity contribution >= 4 is 17.6 Å². The molecule has 0 aliphatic rings. The van der Waals surface area contributed by atoms with E-state index >= 15 is 0 Å². The van der Waals surface area contributed by atoms with Crippen molar-refractivity contribution in [2.24, 2.45) is 11.8 Å². The van der Waals surface area contributed by atoms with Gasteiger partial charge < -0.3 is 0 Å². The van der Waals surface area contributed by atoms with Gasteiger partial charge in [-0.1, -0.05) is 33.8 Å². The summed E-state index contributed by atoms with van der Waals surface area (Å²) in [6, 6.07) is 3.55. The van der Waals surface area contributed by atoms with E-state index in [1.807, 2.05) is 13.0 Å². The zero-order valence-corrected chi connectivity index (χ0v) is 11.6. The Morgan fingerprint density at radius 3 is 1.89 bits per heavy atom.